The molecule has 1 heterocycles. The van der Waals surface area contributed by atoms with Crippen molar-refractivity contribution in [3.05, 3.63) is 34.9 Å². The van der Waals surface area contributed by atoms with Gasteiger partial charge in [0.25, 0.3) is 0 Å². The van der Waals surface area contributed by atoms with E-state index in [2.05, 4.69) is 36.9 Å². The van der Waals surface area contributed by atoms with Gasteiger partial charge in [-0.2, -0.15) is 0 Å². The molecule has 1 unspecified atom stereocenters. The SMILES string of the molecule is Cc1ccc(C(CC(=O)O)N2CCCC2)c(C)c1. The van der Waals surface area contributed by atoms with Gasteiger partial charge in [-0.25, -0.2) is 0 Å². The first-order chi connectivity index (χ1) is 8.58. The van der Waals surface area contributed by atoms with E-state index < -0.39 is 5.97 Å². The van der Waals surface area contributed by atoms with E-state index in [1.165, 1.54) is 29.5 Å². The van der Waals surface area contributed by atoms with Crippen LogP contribution >= 0.6 is 0 Å². The zero-order valence-corrected chi connectivity index (χ0v) is 11.1. The molecule has 1 aromatic rings. The molecule has 1 aromatic carbocycles. The minimum absolute atomic E-state index is 0.0330. The zero-order valence-electron chi connectivity index (χ0n) is 11.1. The summed E-state index contributed by atoms with van der Waals surface area (Å²) in [4.78, 5) is 13.4. The van der Waals surface area contributed by atoms with Gasteiger partial charge in [0.05, 0.1) is 6.42 Å². The third-order valence-electron chi connectivity index (χ3n) is 3.73. The summed E-state index contributed by atoms with van der Waals surface area (Å²) in [6.45, 7) is 6.18. The topological polar surface area (TPSA) is 40.5 Å². The second-order valence-electron chi connectivity index (χ2n) is 5.22. The molecule has 1 aliphatic rings. The molecule has 0 aliphatic carbocycles. The lowest BCUT2D eigenvalue weighted by Gasteiger charge is -2.28. The number of rotatable bonds is 4. The number of nitrogens with zero attached hydrogens (tertiary/aromatic N) is 1. The molecule has 0 amide bonds. The predicted molar refractivity (Wildman–Crippen MR) is 71.7 cm³/mol. The molecule has 1 atom stereocenters. The molecule has 1 fully saturated rings. The Bertz CT molecular complexity index is 436. The molecule has 3 heteroatoms. The first-order valence-electron chi connectivity index (χ1n) is 6.61. The smallest absolute Gasteiger partial charge is 0.305 e. The number of hydrogen-bond acceptors (Lipinski definition) is 2. The molecule has 1 saturated heterocycles. The van der Waals surface area contributed by atoms with Crippen LogP contribution in [-0.4, -0.2) is 29.1 Å². The standard InChI is InChI=1S/C15H21NO2/c1-11-5-6-13(12(2)9-11)14(10-15(17)18)16-7-3-4-8-16/h5-6,9,14H,3-4,7-8,10H2,1-2H3,(H,17,18). The maximum Gasteiger partial charge on any atom is 0.305 e. The first-order valence-corrected chi connectivity index (χ1v) is 6.61. The zero-order chi connectivity index (χ0) is 13.1. The largest absolute Gasteiger partial charge is 0.481 e. The minimum Gasteiger partial charge on any atom is -0.481 e. The maximum absolute atomic E-state index is 11.1. The number of likely N-dealkylation sites (tertiary alicyclic amines) is 1. The molecule has 0 saturated carbocycles. The monoisotopic (exact) mass is 247 g/mol. The van der Waals surface area contributed by atoms with E-state index in [-0.39, 0.29) is 12.5 Å². The van der Waals surface area contributed by atoms with E-state index in [4.69, 9.17) is 5.11 Å². The molecule has 0 spiro atoms. The van der Waals surface area contributed by atoms with Crippen molar-refractivity contribution >= 4 is 5.97 Å². The van der Waals surface area contributed by atoms with Gasteiger partial charge in [-0.15, -0.1) is 0 Å². The fourth-order valence-corrected chi connectivity index (χ4v) is 2.85. The highest BCUT2D eigenvalue weighted by molar-refractivity contribution is 5.68. The molecule has 0 aromatic heterocycles. The number of aryl methyl sites for hydroxylation is 2. The Hall–Kier alpha value is -1.35. The van der Waals surface area contributed by atoms with Gasteiger partial charge in [-0.05, 0) is 50.9 Å². The van der Waals surface area contributed by atoms with Gasteiger partial charge in [-0.1, -0.05) is 23.8 Å². The first kappa shape index (κ1) is 13.1. The number of carboxylic acid groups (broad SMARTS) is 1. The van der Waals surface area contributed by atoms with Gasteiger partial charge in [0.15, 0.2) is 0 Å². The van der Waals surface area contributed by atoms with Gasteiger partial charge in [0.2, 0.25) is 0 Å². The van der Waals surface area contributed by atoms with Gasteiger partial charge < -0.3 is 5.11 Å². The van der Waals surface area contributed by atoms with Crippen molar-refractivity contribution in [1.29, 1.82) is 0 Å². The summed E-state index contributed by atoms with van der Waals surface area (Å²) in [7, 11) is 0. The molecular weight excluding hydrogens is 226 g/mol. The van der Waals surface area contributed by atoms with Crippen LogP contribution < -0.4 is 0 Å². The van der Waals surface area contributed by atoms with Crippen LogP contribution in [0.15, 0.2) is 18.2 Å². The lowest BCUT2D eigenvalue weighted by atomic mass is 9.96. The van der Waals surface area contributed by atoms with Crippen molar-refractivity contribution in [2.45, 2.75) is 39.2 Å². The van der Waals surface area contributed by atoms with E-state index in [1.807, 2.05) is 0 Å². The Balaban J connectivity index is 2.29. The molecule has 0 radical (unpaired) electrons. The average Bonchev–Trinajstić information content (AvgIpc) is 2.79. The summed E-state index contributed by atoms with van der Waals surface area (Å²) < 4.78 is 0. The second-order valence-corrected chi connectivity index (χ2v) is 5.22. The van der Waals surface area contributed by atoms with Crippen LogP contribution in [-0.2, 0) is 4.79 Å². The number of carbonyl (C=O) groups is 1. The van der Waals surface area contributed by atoms with E-state index in [9.17, 15) is 4.79 Å². The Kier molecular flexibility index (Phi) is 4.02. The minimum atomic E-state index is -0.716. The average molecular weight is 247 g/mol. The number of carboxylic acids is 1. The van der Waals surface area contributed by atoms with Crippen LogP contribution in [0.4, 0.5) is 0 Å². The van der Waals surface area contributed by atoms with Crippen LogP contribution in [0.1, 0.15) is 42.0 Å². The summed E-state index contributed by atoms with van der Waals surface area (Å²) in [5.41, 5.74) is 3.60. The Labute approximate surface area is 108 Å². The van der Waals surface area contributed by atoms with E-state index >= 15 is 0 Å². The van der Waals surface area contributed by atoms with Crippen molar-refractivity contribution in [2.75, 3.05) is 13.1 Å². The highest BCUT2D eigenvalue weighted by atomic mass is 16.4. The van der Waals surface area contributed by atoms with Gasteiger partial charge in [0, 0.05) is 6.04 Å². The quantitative estimate of drug-likeness (QED) is 0.889. The summed E-state index contributed by atoms with van der Waals surface area (Å²) in [5, 5.41) is 9.12. The van der Waals surface area contributed by atoms with Crippen molar-refractivity contribution in [2.24, 2.45) is 0 Å². The maximum atomic E-state index is 11.1. The van der Waals surface area contributed by atoms with Crippen LogP contribution in [0.5, 0.6) is 0 Å². The van der Waals surface area contributed by atoms with Crippen LogP contribution in [0.25, 0.3) is 0 Å². The molecule has 3 nitrogen and oxygen atoms in total. The van der Waals surface area contributed by atoms with Crippen molar-refractivity contribution < 1.29 is 9.90 Å². The van der Waals surface area contributed by atoms with Crippen molar-refractivity contribution in [1.82, 2.24) is 4.90 Å². The Morgan fingerprint density at radius 3 is 2.56 bits per heavy atom. The van der Waals surface area contributed by atoms with Crippen LogP contribution in [0.2, 0.25) is 0 Å². The lowest BCUT2D eigenvalue weighted by molar-refractivity contribution is -0.138. The molecular formula is C15H21NO2. The normalized spacial score (nSPS) is 17.9. The number of aliphatic carboxylic acids is 1. The molecule has 18 heavy (non-hydrogen) atoms. The highest BCUT2D eigenvalue weighted by Gasteiger charge is 2.26. The fourth-order valence-electron chi connectivity index (χ4n) is 2.85. The number of hydrogen-bond donors (Lipinski definition) is 1. The van der Waals surface area contributed by atoms with Gasteiger partial charge >= 0.3 is 5.97 Å². The van der Waals surface area contributed by atoms with Gasteiger partial charge in [0.1, 0.15) is 0 Å². The molecule has 2 rings (SSSR count). The third kappa shape index (κ3) is 2.91. The second kappa shape index (κ2) is 5.53. The predicted octanol–water partition coefficient (Wildman–Crippen LogP) is 2.92. The third-order valence-corrected chi connectivity index (χ3v) is 3.73. The van der Waals surface area contributed by atoms with Crippen molar-refractivity contribution in [3.63, 3.8) is 0 Å². The van der Waals surface area contributed by atoms with Crippen molar-refractivity contribution in [3.8, 4) is 0 Å². The van der Waals surface area contributed by atoms with Crippen LogP contribution in [0, 0.1) is 13.8 Å². The Morgan fingerprint density at radius 2 is 2.00 bits per heavy atom. The lowest BCUT2D eigenvalue weighted by Crippen LogP contribution is -2.28. The number of benzene rings is 1. The summed E-state index contributed by atoms with van der Waals surface area (Å²) >= 11 is 0. The molecule has 1 aliphatic heterocycles. The summed E-state index contributed by atoms with van der Waals surface area (Å²) in [6.07, 6.45) is 2.56. The molecule has 0 bridgehead atoms. The van der Waals surface area contributed by atoms with Gasteiger partial charge in [-0.3, -0.25) is 9.69 Å². The summed E-state index contributed by atoms with van der Waals surface area (Å²) in [6, 6.07) is 6.34. The van der Waals surface area contributed by atoms with Crippen LogP contribution in [0.3, 0.4) is 0 Å². The molecule has 98 valence electrons. The Morgan fingerprint density at radius 1 is 1.33 bits per heavy atom. The summed E-state index contributed by atoms with van der Waals surface area (Å²) in [5.74, 6) is -0.716. The van der Waals surface area contributed by atoms with E-state index in [0.29, 0.717) is 0 Å². The highest BCUT2D eigenvalue weighted by Crippen LogP contribution is 2.30. The molecule has 1 N–H and O–H groups in total. The van der Waals surface area contributed by atoms with E-state index in [0.717, 1.165) is 13.1 Å². The van der Waals surface area contributed by atoms with E-state index in [1.54, 1.807) is 0 Å². The fraction of sp³-hybridized carbons (Fsp3) is 0.533.